The Morgan fingerprint density at radius 2 is 1.83 bits per heavy atom. The van der Waals surface area contributed by atoms with Gasteiger partial charge in [-0.05, 0) is 36.7 Å². The molecule has 1 aliphatic heterocycles. The van der Waals surface area contributed by atoms with E-state index in [0.717, 1.165) is 13.1 Å². The van der Waals surface area contributed by atoms with Gasteiger partial charge in [0.05, 0.1) is 10.5 Å². The second kappa shape index (κ2) is 7.64. The lowest BCUT2D eigenvalue weighted by molar-refractivity contribution is 0.573. The summed E-state index contributed by atoms with van der Waals surface area (Å²) in [5.74, 6) is 1.81. The van der Waals surface area contributed by atoms with Gasteiger partial charge in [0.25, 0.3) is 0 Å². The van der Waals surface area contributed by atoms with Gasteiger partial charge in [0.15, 0.2) is 0 Å². The Morgan fingerprint density at radius 1 is 1.08 bits per heavy atom. The molecular weight excluding hydrogens is 336 g/mol. The number of halogens is 1. The summed E-state index contributed by atoms with van der Waals surface area (Å²) in [5, 5.41) is 6.41. The van der Waals surface area contributed by atoms with E-state index in [-0.39, 0.29) is 12.4 Å². The molecule has 126 valence electrons. The molecular formula is C20H23ClN2S. The molecule has 1 atom stereocenters. The number of rotatable bonds is 4. The summed E-state index contributed by atoms with van der Waals surface area (Å²) < 4.78 is 2.45. The van der Waals surface area contributed by atoms with Gasteiger partial charge in [-0.1, -0.05) is 43.3 Å². The van der Waals surface area contributed by atoms with E-state index < -0.39 is 0 Å². The molecule has 1 unspecified atom stereocenters. The minimum atomic E-state index is 0. The van der Waals surface area contributed by atoms with Crippen LogP contribution in [-0.4, -0.2) is 23.4 Å². The molecule has 0 bridgehead atoms. The van der Waals surface area contributed by atoms with Crippen molar-refractivity contribution < 1.29 is 0 Å². The van der Waals surface area contributed by atoms with Gasteiger partial charge in [-0.2, -0.15) is 0 Å². The Balaban J connectivity index is 0.00000169. The molecule has 1 aliphatic rings. The molecule has 0 amide bonds. The Kier molecular flexibility index (Phi) is 5.54. The Hall–Kier alpha value is -1.42. The predicted octanol–water partition coefficient (Wildman–Crippen LogP) is 5.24. The highest BCUT2D eigenvalue weighted by molar-refractivity contribution is 7.99. The Labute approximate surface area is 154 Å². The highest BCUT2D eigenvalue weighted by atomic mass is 35.5. The first kappa shape index (κ1) is 17.4. The molecule has 0 radical (unpaired) electrons. The van der Waals surface area contributed by atoms with Crippen LogP contribution in [-0.2, 0) is 0 Å². The van der Waals surface area contributed by atoms with E-state index >= 15 is 0 Å². The number of benzene rings is 2. The maximum Gasteiger partial charge on any atom is 0.0841 e. The first-order valence-electron chi connectivity index (χ1n) is 8.42. The average molecular weight is 359 g/mol. The molecule has 0 saturated heterocycles. The maximum atomic E-state index is 3.55. The summed E-state index contributed by atoms with van der Waals surface area (Å²) in [6.45, 7) is 4.30. The third-order valence-electron chi connectivity index (χ3n) is 4.64. The zero-order chi connectivity index (χ0) is 15.6. The van der Waals surface area contributed by atoms with E-state index in [1.165, 1.54) is 33.8 Å². The minimum Gasteiger partial charge on any atom is -0.316 e. The van der Waals surface area contributed by atoms with Crippen molar-refractivity contribution in [2.24, 2.45) is 0 Å². The monoisotopic (exact) mass is 358 g/mol. The van der Waals surface area contributed by atoms with Crippen LogP contribution in [0, 0.1) is 0 Å². The van der Waals surface area contributed by atoms with Gasteiger partial charge in [0.2, 0.25) is 0 Å². The highest BCUT2D eigenvalue weighted by Gasteiger charge is 2.28. The summed E-state index contributed by atoms with van der Waals surface area (Å²) in [6.07, 6.45) is 1.26. The van der Waals surface area contributed by atoms with Crippen molar-refractivity contribution in [3.63, 3.8) is 0 Å². The second-order valence-corrected chi connectivity index (χ2v) is 7.13. The van der Waals surface area contributed by atoms with Gasteiger partial charge < -0.3 is 9.88 Å². The molecule has 3 aromatic rings. The van der Waals surface area contributed by atoms with Gasteiger partial charge in [-0.15, -0.1) is 24.2 Å². The first-order chi connectivity index (χ1) is 11.4. The van der Waals surface area contributed by atoms with Crippen molar-refractivity contribution in [3.05, 3.63) is 60.2 Å². The van der Waals surface area contributed by atoms with Crippen molar-refractivity contribution >= 4 is 35.1 Å². The minimum absolute atomic E-state index is 0. The van der Waals surface area contributed by atoms with Gasteiger partial charge in [0, 0.05) is 29.3 Å². The predicted molar refractivity (Wildman–Crippen MR) is 107 cm³/mol. The zero-order valence-electron chi connectivity index (χ0n) is 13.9. The first-order valence-corrected chi connectivity index (χ1v) is 9.41. The number of para-hydroxylation sites is 2. The Bertz CT molecular complexity index is 813. The van der Waals surface area contributed by atoms with E-state index in [1.807, 2.05) is 11.8 Å². The van der Waals surface area contributed by atoms with Crippen LogP contribution >= 0.6 is 24.2 Å². The Morgan fingerprint density at radius 3 is 2.62 bits per heavy atom. The van der Waals surface area contributed by atoms with Crippen molar-refractivity contribution in [1.82, 2.24) is 9.88 Å². The van der Waals surface area contributed by atoms with Gasteiger partial charge in [-0.25, -0.2) is 0 Å². The summed E-state index contributed by atoms with van der Waals surface area (Å²) >= 11 is 2.01. The SMILES string of the molecule is CCNCC1CCSc2c1c1ccccc1n2-c1ccccc1.Cl. The van der Waals surface area contributed by atoms with E-state index in [4.69, 9.17) is 0 Å². The highest BCUT2D eigenvalue weighted by Crippen LogP contribution is 2.44. The van der Waals surface area contributed by atoms with Crippen LogP contribution in [0.3, 0.4) is 0 Å². The second-order valence-electron chi connectivity index (χ2n) is 6.05. The van der Waals surface area contributed by atoms with Crippen molar-refractivity contribution in [1.29, 1.82) is 0 Å². The fourth-order valence-corrected chi connectivity index (χ4v) is 4.94. The summed E-state index contributed by atoms with van der Waals surface area (Å²) in [5.41, 5.74) is 4.14. The molecule has 2 heterocycles. The molecule has 1 aromatic heterocycles. The number of nitrogens with one attached hydrogen (secondary N) is 1. The standard InChI is InChI=1S/C20H22N2S.ClH/c1-2-21-14-15-12-13-23-20-19(15)17-10-6-7-11-18(17)22(20)16-8-4-3-5-9-16;/h3-11,15,21H,2,12-14H2,1H3;1H. The molecule has 0 saturated carbocycles. The smallest absolute Gasteiger partial charge is 0.0841 e. The van der Waals surface area contributed by atoms with Gasteiger partial charge in [0.1, 0.15) is 0 Å². The van der Waals surface area contributed by atoms with Crippen molar-refractivity contribution in [3.8, 4) is 5.69 Å². The summed E-state index contributed by atoms with van der Waals surface area (Å²) in [6, 6.07) is 19.6. The summed E-state index contributed by atoms with van der Waals surface area (Å²) in [4.78, 5) is 0. The quantitative estimate of drug-likeness (QED) is 0.686. The zero-order valence-corrected chi connectivity index (χ0v) is 15.5. The normalized spacial score (nSPS) is 16.6. The molecule has 0 spiro atoms. The van der Waals surface area contributed by atoms with Crippen molar-refractivity contribution in [2.75, 3.05) is 18.8 Å². The van der Waals surface area contributed by atoms with Crippen LogP contribution < -0.4 is 5.32 Å². The lowest BCUT2D eigenvalue weighted by Crippen LogP contribution is -2.23. The number of nitrogens with zero attached hydrogens (tertiary/aromatic N) is 1. The number of hydrogen-bond donors (Lipinski definition) is 1. The maximum absolute atomic E-state index is 3.55. The number of aromatic nitrogens is 1. The van der Waals surface area contributed by atoms with Crippen LogP contribution in [0.1, 0.15) is 24.8 Å². The van der Waals surface area contributed by atoms with Crippen molar-refractivity contribution in [2.45, 2.75) is 24.3 Å². The number of hydrogen-bond acceptors (Lipinski definition) is 2. The topological polar surface area (TPSA) is 17.0 Å². The molecule has 2 nitrogen and oxygen atoms in total. The molecule has 24 heavy (non-hydrogen) atoms. The molecule has 1 N–H and O–H groups in total. The molecule has 0 fully saturated rings. The fraction of sp³-hybridized carbons (Fsp3) is 0.300. The van der Waals surface area contributed by atoms with Gasteiger partial charge >= 0.3 is 0 Å². The van der Waals surface area contributed by atoms with Crippen LogP contribution in [0.4, 0.5) is 0 Å². The summed E-state index contributed by atoms with van der Waals surface area (Å²) in [7, 11) is 0. The molecule has 4 rings (SSSR count). The van der Waals surface area contributed by atoms with Crippen LogP contribution in [0.2, 0.25) is 0 Å². The molecule has 4 heteroatoms. The number of thioether (sulfide) groups is 1. The number of fused-ring (bicyclic) bond motifs is 3. The number of likely N-dealkylation sites (N-methyl/N-ethyl adjacent to an activating group) is 1. The fourth-order valence-electron chi connectivity index (χ4n) is 3.58. The van der Waals surface area contributed by atoms with Crippen LogP contribution in [0.25, 0.3) is 16.6 Å². The largest absolute Gasteiger partial charge is 0.316 e. The third kappa shape index (κ3) is 2.97. The lowest BCUT2D eigenvalue weighted by Gasteiger charge is -2.24. The molecule has 2 aromatic carbocycles. The lowest BCUT2D eigenvalue weighted by atomic mass is 9.95. The van der Waals surface area contributed by atoms with E-state index in [0.29, 0.717) is 5.92 Å². The van der Waals surface area contributed by atoms with E-state index in [2.05, 4.69) is 71.4 Å². The molecule has 0 aliphatic carbocycles. The van der Waals surface area contributed by atoms with E-state index in [1.54, 1.807) is 5.56 Å². The van der Waals surface area contributed by atoms with Crippen LogP contribution in [0.15, 0.2) is 59.6 Å². The van der Waals surface area contributed by atoms with Crippen LogP contribution in [0.5, 0.6) is 0 Å². The van der Waals surface area contributed by atoms with Gasteiger partial charge in [-0.3, -0.25) is 0 Å². The van der Waals surface area contributed by atoms with E-state index in [9.17, 15) is 0 Å². The third-order valence-corrected chi connectivity index (χ3v) is 5.75. The average Bonchev–Trinajstić information content (AvgIpc) is 2.95.